The molecule has 0 atom stereocenters. The molecule has 0 bridgehead atoms. The molecule has 0 unspecified atom stereocenters. The average Bonchev–Trinajstić information content (AvgIpc) is 2.69. The molecule has 5 heteroatoms. The number of rotatable bonds is 4. The summed E-state index contributed by atoms with van der Waals surface area (Å²) in [5.74, 6) is 0.423. The molecule has 90 valence electrons. The number of para-hydroxylation sites is 1. The quantitative estimate of drug-likeness (QED) is 0.883. The molecule has 0 spiro atoms. The van der Waals surface area contributed by atoms with Gasteiger partial charge in [-0.2, -0.15) is 5.10 Å². The third kappa shape index (κ3) is 2.55. The molecule has 0 aliphatic heterocycles. The Balaban J connectivity index is 2.05. The molecule has 0 saturated heterocycles. The van der Waals surface area contributed by atoms with Crippen molar-refractivity contribution in [2.45, 2.75) is 20.1 Å². The Kier molecular flexibility index (Phi) is 3.27. The molecule has 1 heterocycles. The maximum atomic E-state index is 13.3. The minimum absolute atomic E-state index is 0.206. The molecule has 17 heavy (non-hydrogen) atoms. The van der Waals surface area contributed by atoms with Crippen molar-refractivity contribution in [3.8, 4) is 5.75 Å². The Bertz CT molecular complexity index is 510. The van der Waals surface area contributed by atoms with Crippen LogP contribution in [0, 0.1) is 5.82 Å². The van der Waals surface area contributed by atoms with Gasteiger partial charge in [0, 0.05) is 12.6 Å². The smallest absolute Gasteiger partial charge is 0.165 e. The van der Waals surface area contributed by atoms with Crippen LogP contribution >= 0.6 is 0 Å². The second-order valence-corrected chi connectivity index (χ2v) is 3.60. The van der Waals surface area contributed by atoms with Crippen molar-refractivity contribution in [3.63, 3.8) is 0 Å². The molecular weight excluding hydrogens is 221 g/mol. The summed E-state index contributed by atoms with van der Waals surface area (Å²) < 4.78 is 20.3. The molecule has 2 rings (SSSR count). The highest BCUT2D eigenvalue weighted by atomic mass is 19.1. The van der Waals surface area contributed by atoms with E-state index in [0.717, 1.165) is 0 Å². The third-order valence-electron chi connectivity index (χ3n) is 2.37. The van der Waals surface area contributed by atoms with Gasteiger partial charge in [-0.25, -0.2) is 4.39 Å². The monoisotopic (exact) mass is 235 g/mol. The van der Waals surface area contributed by atoms with E-state index in [-0.39, 0.29) is 18.2 Å². The number of aryl methyl sites for hydroxylation is 1. The highest BCUT2D eigenvalue weighted by molar-refractivity contribution is 5.31. The highest BCUT2D eigenvalue weighted by Crippen LogP contribution is 2.17. The standard InChI is InChI=1S/C12H14FN3O/c1-2-16-12(14)7-9(15-16)8-17-11-6-4-3-5-10(11)13/h3-7H,2,8,14H2,1H3. The summed E-state index contributed by atoms with van der Waals surface area (Å²) in [5, 5.41) is 4.22. The first-order valence-electron chi connectivity index (χ1n) is 5.40. The first-order chi connectivity index (χ1) is 8.20. The Morgan fingerprint density at radius 1 is 1.41 bits per heavy atom. The van der Waals surface area contributed by atoms with Crippen LogP contribution in [0.15, 0.2) is 30.3 Å². The van der Waals surface area contributed by atoms with Crippen molar-refractivity contribution in [2.24, 2.45) is 0 Å². The number of ether oxygens (including phenoxy) is 1. The van der Waals surface area contributed by atoms with Gasteiger partial charge in [0.05, 0.1) is 0 Å². The Hall–Kier alpha value is -2.04. The van der Waals surface area contributed by atoms with Crippen molar-refractivity contribution < 1.29 is 9.13 Å². The van der Waals surface area contributed by atoms with Crippen LogP contribution in [0.4, 0.5) is 10.2 Å². The lowest BCUT2D eigenvalue weighted by Crippen LogP contribution is -2.03. The van der Waals surface area contributed by atoms with Crippen molar-refractivity contribution >= 4 is 5.82 Å². The molecule has 2 aromatic rings. The summed E-state index contributed by atoms with van der Waals surface area (Å²) in [6.07, 6.45) is 0. The lowest BCUT2D eigenvalue weighted by molar-refractivity contribution is 0.284. The van der Waals surface area contributed by atoms with Crippen molar-refractivity contribution in [1.82, 2.24) is 9.78 Å². The zero-order valence-electron chi connectivity index (χ0n) is 9.56. The number of hydrogen-bond acceptors (Lipinski definition) is 3. The van der Waals surface area contributed by atoms with Crippen LogP contribution in [0.2, 0.25) is 0 Å². The molecule has 2 N–H and O–H groups in total. The molecule has 0 amide bonds. The average molecular weight is 235 g/mol. The molecule has 0 aliphatic carbocycles. The van der Waals surface area contributed by atoms with E-state index in [1.165, 1.54) is 6.07 Å². The van der Waals surface area contributed by atoms with Gasteiger partial charge >= 0.3 is 0 Å². The fourth-order valence-electron chi connectivity index (χ4n) is 1.52. The van der Waals surface area contributed by atoms with E-state index >= 15 is 0 Å². The second kappa shape index (κ2) is 4.86. The van der Waals surface area contributed by atoms with Gasteiger partial charge < -0.3 is 10.5 Å². The van der Waals surface area contributed by atoms with Crippen molar-refractivity contribution in [2.75, 3.05) is 5.73 Å². The predicted molar refractivity (Wildman–Crippen MR) is 63.0 cm³/mol. The second-order valence-electron chi connectivity index (χ2n) is 3.60. The number of nitrogens with two attached hydrogens (primary N) is 1. The SMILES string of the molecule is CCn1nc(COc2ccccc2F)cc1N. The van der Waals surface area contributed by atoms with E-state index in [9.17, 15) is 4.39 Å². The van der Waals surface area contributed by atoms with Crippen LogP contribution < -0.4 is 10.5 Å². The molecule has 1 aromatic heterocycles. The summed E-state index contributed by atoms with van der Waals surface area (Å²) in [5.41, 5.74) is 6.41. The molecular formula is C12H14FN3O. The summed E-state index contributed by atoms with van der Waals surface area (Å²) in [6.45, 7) is 2.86. The minimum atomic E-state index is -0.379. The lowest BCUT2D eigenvalue weighted by atomic mass is 10.3. The van der Waals surface area contributed by atoms with Crippen LogP contribution in [0.25, 0.3) is 0 Å². The number of benzene rings is 1. The number of anilines is 1. The maximum absolute atomic E-state index is 13.3. The molecule has 1 aromatic carbocycles. The summed E-state index contributed by atoms with van der Waals surface area (Å²) in [7, 11) is 0. The first-order valence-corrected chi connectivity index (χ1v) is 5.40. The number of hydrogen-bond donors (Lipinski definition) is 1. The molecule has 0 fully saturated rings. The van der Waals surface area contributed by atoms with E-state index in [0.29, 0.717) is 18.1 Å². The molecule has 0 saturated carbocycles. The van der Waals surface area contributed by atoms with Crippen molar-refractivity contribution in [3.05, 3.63) is 41.8 Å². The van der Waals surface area contributed by atoms with E-state index in [1.54, 1.807) is 28.9 Å². The lowest BCUT2D eigenvalue weighted by Gasteiger charge is -2.04. The summed E-state index contributed by atoms with van der Waals surface area (Å²) in [4.78, 5) is 0. The minimum Gasteiger partial charge on any atom is -0.484 e. The normalized spacial score (nSPS) is 10.5. The van der Waals surface area contributed by atoms with Gasteiger partial charge in [0.1, 0.15) is 18.1 Å². The highest BCUT2D eigenvalue weighted by Gasteiger charge is 2.06. The fourth-order valence-corrected chi connectivity index (χ4v) is 1.52. The van der Waals surface area contributed by atoms with Gasteiger partial charge in [-0.3, -0.25) is 4.68 Å². The molecule has 0 radical (unpaired) electrons. The third-order valence-corrected chi connectivity index (χ3v) is 2.37. The van der Waals surface area contributed by atoms with Crippen LogP contribution in [0.5, 0.6) is 5.75 Å². The summed E-state index contributed by atoms with van der Waals surface area (Å²) in [6, 6.07) is 8.00. The number of halogens is 1. The topological polar surface area (TPSA) is 53.1 Å². The Labute approximate surface area is 98.8 Å². The zero-order chi connectivity index (χ0) is 12.3. The van der Waals surface area contributed by atoms with Gasteiger partial charge in [0.15, 0.2) is 11.6 Å². The van der Waals surface area contributed by atoms with E-state index < -0.39 is 0 Å². The fraction of sp³-hybridized carbons (Fsp3) is 0.250. The van der Waals surface area contributed by atoms with Crippen LogP contribution in [-0.2, 0) is 13.2 Å². The Morgan fingerprint density at radius 2 is 2.18 bits per heavy atom. The van der Waals surface area contributed by atoms with Crippen LogP contribution in [0.3, 0.4) is 0 Å². The van der Waals surface area contributed by atoms with Gasteiger partial charge in [-0.05, 0) is 19.1 Å². The Morgan fingerprint density at radius 3 is 2.82 bits per heavy atom. The van der Waals surface area contributed by atoms with Gasteiger partial charge in [-0.15, -0.1) is 0 Å². The van der Waals surface area contributed by atoms with E-state index in [4.69, 9.17) is 10.5 Å². The predicted octanol–water partition coefficient (Wildman–Crippen LogP) is 2.20. The van der Waals surface area contributed by atoms with Crippen LogP contribution in [0.1, 0.15) is 12.6 Å². The first kappa shape index (κ1) is 11.4. The zero-order valence-corrected chi connectivity index (χ0v) is 9.56. The van der Waals surface area contributed by atoms with Gasteiger partial charge in [0.2, 0.25) is 0 Å². The van der Waals surface area contributed by atoms with Crippen LogP contribution in [-0.4, -0.2) is 9.78 Å². The number of aromatic nitrogens is 2. The maximum Gasteiger partial charge on any atom is 0.165 e. The van der Waals surface area contributed by atoms with Crippen molar-refractivity contribution in [1.29, 1.82) is 0 Å². The van der Waals surface area contributed by atoms with Gasteiger partial charge in [-0.1, -0.05) is 12.1 Å². The van der Waals surface area contributed by atoms with E-state index in [2.05, 4.69) is 5.10 Å². The number of nitrogen functional groups attached to an aromatic ring is 1. The summed E-state index contributed by atoms with van der Waals surface area (Å²) >= 11 is 0. The number of nitrogens with zero attached hydrogens (tertiary/aromatic N) is 2. The largest absolute Gasteiger partial charge is 0.484 e. The van der Waals surface area contributed by atoms with E-state index in [1.807, 2.05) is 6.92 Å². The molecule has 0 aliphatic rings. The van der Waals surface area contributed by atoms with Gasteiger partial charge in [0.25, 0.3) is 0 Å². The molecule has 4 nitrogen and oxygen atoms in total.